The van der Waals surface area contributed by atoms with Crippen LogP contribution in [0.25, 0.3) is 0 Å². The molecule has 4 heteroatoms. The zero-order valence-corrected chi connectivity index (χ0v) is 11.7. The maximum atomic E-state index is 8.83. The van der Waals surface area contributed by atoms with Crippen LogP contribution in [0.5, 0.6) is 0 Å². The van der Waals surface area contributed by atoms with Gasteiger partial charge in [-0.15, -0.1) is 0 Å². The molecule has 0 spiro atoms. The Morgan fingerprint density at radius 1 is 1.25 bits per heavy atom. The van der Waals surface area contributed by atoms with E-state index in [0.717, 1.165) is 17.1 Å². The highest BCUT2D eigenvalue weighted by atomic mass is 15.2. The fourth-order valence-electron chi connectivity index (χ4n) is 2.01. The molecule has 1 heterocycles. The number of benzene rings is 1. The van der Waals surface area contributed by atoms with Crippen molar-refractivity contribution in [1.82, 2.24) is 4.98 Å². The molecule has 0 saturated carbocycles. The molecule has 4 nitrogen and oxygen atoms in total. The smallest absolute Gasteiger partial charge is 0.129 e. The highest BCUT2D eigenvalue weighted by Crippen LogP contribution is 2.20. The minimum atomic E-state index is 0.287. The van der Waals surface area contributed by atoms with Crippen LogP contribution in [0.3, 0.4) is 0 Å². The van der Waals surface area contributed by atoms with Gasteiger partial charge in [0.15, 0.2) is 0 Å². The molecule has 0 saturated heterocycles. The van der Waals surface area contributed by atoms with Gasteiger partial charge in [-0.3, -0.25) is 0 Å². The normalized spacial score (nSPS) is 10.3. The highest BCUT2D eigenvalue weighted by Gasteiger charge is 2.13. The van der Waals surface area contributed by atoms with Gasteiger partial charge in [0.05, 0.1) is 5.56 Å². The van der Waals surface area contributed by atoms with Crippen molar-refractivity contribution in [2.75, 3.05) is 10.6 Å². The molecule has 0 radical (unpaired) electrons. The largest absolute Gasteiger partial charge is 0.398 e. The van der Waals surface area contributed by atoms with Crippen LogP contribution in [-0.4, -0.2) is 11.0 Å². The first-order chi connectivity index (χ1) is 9.61. The molecule has 0 aliphatic heterocycles. The summed E-state index contributed by atoms with van der Waals surface area (Å²) in [4.78, 5) is 6.52. The average molecular weight is 266 g/mol. The standard InChI is InChI=1S/C16H18N4/c1-12(2)20(11-14-5-3-4-6-15(14)18)16-8-7-13(9-17)10-19-16/h3-8,10,12H,11,18H2,1-2H3. The number of para-hydroxylation sites is 1. The Morgan fingerprint density at radius 3 is 2.55 bits per heavy atom. The number of hydrogen-bond donors (Lipinski definition) is 1. The molecule has 0 aliphatic rings. The quantitative estimate of drug-likeness (QED) is 0.864. The Bertz CT molecular complexity index is 611. The van der Waals surface area contributed by atoms with Gasteiger partial charge in [0.1, 0.15) is 11.9 Å². The lowest BCUT2D eigenvalue weighted by molar-refractivity contribution is 0.673. The molecule has 0 fully saturated rings. The van der Waals surface area contributed by atoms with Crippen LogP contribution in [-0.2, 0) is 6.54 Å². The predicted molar refractivity (Wildman–Crippen MR) is 81.1 cm³/mol. The number of pyridine rings is 1. The second-order valence-corrected chi connectivity index (χ2v) is 4.94. The Morgan fingerprint density at radius 2 is 2.00 bits per heavy atom. The highest BCUT2D eigenvalue weighted by molar-refractivity contribution is 5.50. The monoisotopic (exact) mass is 266 g/mol. The molecule has 2 N–H and O–H groups in total. The lowest BCUT2D eigenvalue weighted by Gasteiger charge is -2.28. The minimum Gasteiger partial charge on any atom is -0.398 e. The van der Waals surface area contributed by atoms with Gasteiger partial charge in [0.2, 0.25) is 0 Å². The molecule has 2 rings (SSSR count). The van der Waals surface area contributed by atoms with Crippen molar-refractivity contribution < 1.29 is 0 Å². The Balaban J connectivity index is 2.27. The molecule has 102 valence electrons. The minimum absolute atomic E-state index is 0.287. The number of hydrogen-bond acceptors (Lipinski definition) is 4. The Labute approximate surface area is 119 Å². The van der Waals surface area contributed by atoms with Gasteiger partial charge in [-0.1, -0.05) is 18.2 Å². The summed E-state index contributed by atoms with van der Waals surface area (Å²) in [5, 5.41) is 8.83. The van der Waals surface area contributed by atoms with Gasteiger partial charge in [-0.25, -0.2) is 4.98 Å². The first-order valence-electron chi connectivity index (χ1n) is 6.58. The second-order valence-electron chi connectivity index (χ2n) is 4.94. The van der Waals surface area contributed by atoms with Gasteiger partial charge in [-0.05, 0) is 37.6 Å². The van der Waals surface area contributed by atoms with Crippen molar-refractivity contribution in [3.63, 3.8) is 0 Å². The molecule has 0 bridgehead atoms. The molecule has 0 unspecified atom stereocenters. The topological polar surface area (TPSA) is 65.9 Å². The Hall–Kier alpha value is -2.54. The number of rotatable bonds is 4. The van der Waals surface area contributed by atoms with Gasteiger partial charge in [0.25, 0.3) is 0 Å². The lowest BCUT2D eigenvalue weighted by atomic mass is 10.1. The zero-order valence-electron chi connectivity index (χ0n) is 11.7. The van der Waals surface area contributed by atoms with Crippen molar-refractivity contribution in [2.45, 2.75) is 26.4 Å². The molecular weight excluding hydrogens is 248 g/mol. The van der Waals surface area contributed by atoms with Gasteiger partial charge in [-0.2, -0.15) is 5.26 Å². The number of anilines is 2. The van der Waals surface area contributed by atoms with Crippen molar-refractivity contribution in [2.24, 2.45) is 0 Å². The van der Waals surface area contributed by atoms with E-state index in [0.29, 0.717) is 12.1 Å². The molecule has 1 aromatic heterocycles. The molecular formula is C16H18N4. The van der Waals surface area contributed by atoms with E-state index in [-0.39, 0.29) is 6.04 Å². The van der Waals surface area contributed by atoms with Crippen molar-refractivity contribution in [3.05, 3.63) is 53.7 Å². The van der Waals surface area contributed by atoms with Crippen LogP contribution in [0.1, 0.15) is 25.0 Å². The fraction of sp³-hybridized carbons (Fsp3) is 0.250. The second kappa shape index (κ2) is 6.07. The third kappa shape index (κ3) is 3.07. The molecule has 2 aromatic rings. The summed E-state index contributed by atoms with van der Waals surface area (Å²) in [5.74, 6) is 0.849. The summed E-state index contributed by atoms with van der Waals surface area (Å²) in [6.45, 7) is 4.92. The Kier molecular flexibility index (Phi) is 4.21. The summed E-state index contributed by atoms with van der Waals surface area (Å²) in [7, 11) is 0. The molecule has 0 atom stereocenters. The molecule has 1 aromatic carbocycles. The van der Waals surface area contributed by atoms with Gasteiger partial charge >= 0.3 is 0 Å². The van der Waals surface area contributed by atoms with Crippen LogP contribution in [0.4, 0.5) is 11.5 Å². The fourth-order valence-corrected chi connectivity index (χ4v) is 2.01. The number of nitrogens with two attached hydrogens (primary N) is 1. The van der Waals surface area contributed by atoms with E-state index in [1.54, 1.807) is 12.3 Å². The van der Waals surface area contributed by atoms with E-state index in [2.05, 4.69) is 29.8 Å². The van der Waals surface area contributed by atoms with Gasteiger partial charge in [0, 0.05) is 24.5 Å². The summed E-state index contributed by atoms with van der Waals surface area (Å²) in [5.41, 5.74) is 8.43. The van der Waals surface area contributed by atoms with Crippen molar-refractivity contribution in [1.29, 1.82) is 5.26 Å². The SMILES string of the molecule is CC(C)N(Cc1ccccc1N)c1ccc(C#N)cn1. The van der Waals surface area contributed by atoms with Crippen LogP contribution >= 0.6 is 0 Å². The van der Waals surface area contributed by atoms with Crippen LogP contribution in [0.15, 0.2) is 42.6 Å². The van der Waals surface area contributed by atoms with E-state index < -0.39 is 0 Å². The van der Waals surface area contributed by atoms with Crippen LogP contribution in [0, 0.1) is 11.3 Å². The van der Waals surface area contributed by atoms with E-state index in [9.17, 15) is 0 Å². The zero-order chi connectivity index (χ0) is 14.5. The van der Waals surface area contributed by atoms with Gasteiger partial charge < -0.3 is 10.6 Å². The molecule has 0 aliphatic carbocycles. The lowest BCUT2D eigenvalue weighted by Crippen LogP contribution is -2.31. The number of nitrogens with zero attached hydrogens (tertiary/aromatic N) is 3. The maximum Gasteiger partial charge on any atom is 0.129 e. The van der Waals surface area contributed by atoms with E-state index in [1.165, 1.54) is 0 Å². The summed E-state index contributed by atoms with van der Waals surface area (Å²) < 4.78 is 0. The molecule has 0 amide bonds. The predicted octanol–water partition coefficient (Wildman–Crippen LogP) is 2.95. The third-order valence-electron chi connectivity index (χ3n) is 3.19. The average Bonchev–Trinajstić information content (AvgIpc) is 2.46. The van der Waals surface area contributed by atoms with E-state index >= 15 is 0 Å². The number of nitriles is 1. The third-order valence-corrected chi connectivity index (χ3v) is 3.19. The van der Waals surface area contributed by atoms with Crippen molar-refractivity contribution in [3.8, 4) is 6.07 Å². The molecule has 20 heavy (non-hydrogen) atoms. The van der Waals surface area contributed by atoms with Crippen LogP contribution in [0.2, 0.25) is 0 Å². The van der Waals surface area contributed by atoms with Crippen molar-refractivity contribution >= 4 is 11.5 Å². The first-order valence-corrected chi connectivity index (χ1v) is 6.58. The maximum absolute atomic E-state index is 8.83. The summed E-state index contributed by atoms with van der Waals surface area (Å²) in [6.07, 6.45) is 1.60. The van der Waals surface area contributed by atoms with Crippen LogP contribution < -0.4 is 10.6 Å². The first kappa shape index (κ1) is 13.9. The van der Waals surface area contributed by atoms with E-state index in [1.807, 2.05) is 30.3 Å². The number of nitrogen functional groups attached to an aromatic ring is 1. The number of aromatic nitrogens is 1. The summed E-state index contributed by atoms with van der Waals surface area (Å²) >= 11 is 0. The van der Waals surface area contributed by atoms with E-state index in [4.69, 9.17) is 11.0 Å². The summed E-state index contributed by atoms with van der Waals surface area (Å²) in [6, 6.07) is 13.9.